The number of rotatable bonds is 2. The predicted octanol–water partition coefficient (Wildman–Crippen LogP) is 3.51. The van der Waals surface area contributed by atoms with Gasteiger partial charge in [0.05, 0.1) is 16.6 Å². The summed E-state index contributed by atoms with van der Waals surface area (Å²) >= 11 is 3.32. The zero-order chi connectivity index (χ0) is 12.5. The van der Waals surface area contributed by atoms with Crippen molar-refractivity contribution in [3.8, 4) is 0 Å². The summed E-state index contributed by atoms with van der Waals surface area (Å²) < 4.78 is 0. The summed E-state index contributed by atoms with van der Waals surface area (Å²) in [7, 11) is 0. The number of carbonyl (C=O) groups excluding carboxylic acids is 1. The number of hydrogen-bond acceptors (Lipinski definition) is 4. The number of hydrogen-bond donors (Lipinski definition) is 0. The molecule has 3 nitrogen and oxygen atoms in total. The maximum atomic E-state index is 11.7. The Labute approximate surface area is 113 Å². The summed E-state index contributed by atoms with van der Waals surface area (Å²) in [6.45, 7) is 1.57. The van der Waals surface area contributed by atoms with Crippen molar-refractivity contribution in [3.05, 3.63) is 44.8 Å². The molecular weight excluding hydrogens is 264 g/mol. The van der Waals surface area contributed by atoms with Gasteiger partial charge in [0.25, 0.3) is 0 Å². The predicted molar refractivity (Wildman–Crippen MR) is 75.1 cm³/mol. The molecule has 92 valence electrons. The van der Waals surface area contributed by atoms with Crippen molar-refractivity contribution in [2.45, 2.75) is 19.4 Å². The Morgan fingerprint density at radius 2 is 2.33 bits per heavy atom. The second kappa shape index (κ2) is 4.66. The summed E-state index contributed by atoms with van der Waals surface area (Å²) in [5, 5.41) is 12.3. The average molecular weight is 276 g/mol. The van der Waals surface area contributed by atoms with Crippen molar-refractivity contribution >= 4 is 34.3 Å². The molecule has 0 N–H and O–H groups in total. The molecule has 1 aliphatic rings. The van der Waals surface area contributed by atoms with E-state index in [1.165, 1.54) is 5.56 Å². The van der Waals surface area contributed by atoms with Gasteiger partial charge in [0, 0.05) is 13.3 Å². The number of carbonyl (C=O) groups is 1. The molecule has 2 aromatic heterocycles. The molecule has 0 saturated carbocycles. The third-order valence-corrected chi connectivity index (χ3v) is 4.59. The Kier molecular flexibility index (Phi) is 3.01. The van der Waals surface area contributed by atoms with Crippen LogP contribution in [0.1, 0.15) is 29.8 Å². The van der Waals surface area contributed by atoms with E-state index >= 15 is 0 Å². The van der Waals surface area contributed by atoms with Gasteiger partial charge < -0.3 is 0 Å². The fourth-order valence-electron chi connectivity index (χ4n) is 2.12. The molecule has 0 bridgehead atoms. The van der Waals surface area contributed by atoms with E-state index in [0.717, 1.165) is 17.0 Å². The van der Waals surface area contributed by atoms with E-state index in [1.54, 1.807) is 34.6 Å². The minimum atomic E-state index is -0.00208. The van der Waals surface area contributed by atoms with Gasteiger partial charge in [-0.15, -0.1) is 11.3 Å². The molecule has 0 radical (unpaired) electrons. The Bertz CT molecular complexity index is 572. The fourth-order valence-corrected chi connectivity index (χ4v) is 3.54. The molecule has 3 rings (SSSR count). The van der Waals surface area contributed by atoms with Gasteiger partial charge in [0.1, 0.15) is 0 Å². The molecule has 1 aliphatic heterocycles. The average Bonchev–Trinajstić information content (AvgIpc) is 3.10. The molecule has 1 atom stereocenters. The first-order valence-electron chi connectivity index (χ1n) is 5.69. The van der Waals surface area contributed by atoms with Gasteiger partial charge in [-0.25, -0.2) is 5.01 Å². The molecule has 0 aromatic carbocycles. The third kappa shape index (κ3) is 2.00. The van der Waals surface area contributed by atoms with Crippen LogP contribution in [0.4, 0.5) is 0 Å². The Balaban J connectivity index is 1.93. The van der Waals surface area contributed by atoms with Crippen LogP contribution in [-0.2, 0) is 4.79 Å². The van der Waals surface area contributed by atoms with Gasteiger partial charge in [0.2, 0.25) is 5.91 Å². The largest absolute Gasteiger partial charge is 0.273 e. The smallest absolute Gasteiger partial charge is 0.240 e. The van der Waals surface area contributed by atoms with Crippen molar-refractivity contribution in [2.24, 2.45) is 5.10 Å². The molecule has 2 aromatic rings. The molecule has 3 heterocycles. The van der Waals surface area contributed by atoms with Crippen LogP contribution in [0.3, 0.4) is 0 Å². The number of nitrogens with zero attached hydrogens (tertiary/aromatic N) is 2. The SMILES string of the molecule is CC(=O)N1N=C(c2cccs2)CC1c1ccsc1. The lowest BCUT2D eigenvalue weighted by Gasteiger charge is -2.18. The van der Waals surface area contributed by atoms with E-state index in [4.69, 9.17) is 0 Å². The van der Waals surface area contributed by atoms with Gasteiger partial charge in [-0.3, -0.25) is 4.79 Å². The topological polar surface area (TPSA) is 32.7 Å². The minimum Gasteiger partial charge on any atom is -0.273 e. The van der Waals surface area contributed by atoms with E-state index in [1.807, 2.05) is 16.8 Å². The lowest BCUT2D eigenvalue weighted by Crippen LogP contribution is -2.23. The van der Waals surface area contributed by atoms with Crippen LogP contribution < -0.4 is 0 Å². The fraction of sp³-hybridized carbons (Fsp3) is 0.231. The first-order chi connectivity index (χ1) is 8.75. The number of amides is 1. The van der Waals surface area contributed by atoms with Gasteiger partial charge >= 0.3 is 0 Å². The zero-order valence-electron chi connectivity index (χ0n) is 9.87. The van der Waals surface area contributed by atoms with Crippen LogP contribution in [0.15, 0.2) is 39.4 Å². The van der Waals surface area contributed by atoms with Crippen LogP contribution in [0.5, 0.6) is 0 Å². The molecule has 18 heavy (non-hydrogen) atoms. The lowest BCUT2D eigenvalue weighted by atomic mass is 10.0. The summed E-state index contributed by atoms with van der Waals surface area (Å²) in [6.07, 6.45) is 0.802. The molecule has 0 saturated heterocycles. The van der Waals surface area contributed by atoms with Crippen LogP contribution in [-0.4, -0.2) is 16.6 Å². The Hall–Kier alpha value is -1.46. The minimum absolute atomic E-state index is 0.00208. The second-order valence-electron chi connectivity index (χ2n) is 4.16. The van der Waals surface area contributed by atoms with E-state index in [0.29, 0.717) is 0 Å². The first kappa shape index (κ1) is 11.6. The monoisotopic (exact) mass is 276 g/mol. The van der Waals surface area contributed by atoms with Crippen molar-refractivity contribution in [1.29, 1.82) is 0 Å². The normalized spacial score (nSPS) is 19.1. The first-order valence-corrected chi connectivity index (χ1v) is 7.51. The molecule has 0 spiro atoms. The molecule has 1 unspecified atom stereocenters. The third-order valence-electron chi connectivity index (χ3n) is 2.97. The standard InChI is InChI=1S/C13H12N2OS2/c1-9(16)15-12(10-4-6-17-8-10)7-11(14-15)13-3-2-5-18-13/h2-6,8,12H,7H2,1H3. The van der Waals surface area contributed by atoms with Crippen LogP contribution in [0, 0.1) is 0 Å². The molecular formula is C13H12N2OS2. The highest BCUT2D eigenvalue weighted by Gasteiger charge is 2.31. The summed E-state index contributed by atoms with van der Waals surface area (Å²) in [5.74, 6) is -0.00208. The highest BCUT2D eigenvalue weighted by molar-refractivity contribution is 7.12. The molecule has 0 fully saturated rings. The van der Waals surface area contributed by atoms with E-state index in [2.05, 4.69) is 22.6 Å². The number of hydrazone groups is 1. The Morgan fingerprint density at radius 1 is 1.44 bits per heavy atom. The summed E-state index contributed by atoms with van der Waals surface area (Å²) in [5.41, 5.74) is 2.18. The van der Waals surface area contributed by atoms with Crippen molar-refractivity contribution in [3.63, 3.8) is 0 Å². The molecule has 5 heteroatoms. The van der Waals surface area contributed by atoms with Crippen LogP contribution >= 0.6 is 22.7 Å². The van der Waals surface area contributed by atoms with Crippen molar-refractivity contribution < 1.29 is 4.79 Å². The quantitative estimate of drug-likeness (QED) is 0.826. The van der Waals surface area contributed by atoms with Gasteiger partial charge in [-0.2, -0.15) is 16.4 Å². The van der Waals surface area contributed by atoms with Gasteiger partial charge in [-0.05, 0) is 33.8 Å². The van der Waals surface area contributed by atoms with Crippen molar-refractivity contribution in [2.75, 3.05) is 0 Å². The van der Waals surface area contributed by atoms with Gasteiger partial charge in [0.15, 0.2) is 0 Å². The molecule has 0 aliphatic carbocycles. The van der Waals surface area contributed by atoms with Crippen molar-refractivity contribution in [1.82, 2.24) is 5.01 Å². The highest BCUT2D eigenvalue weighted by atomic mass is 32.1. The van der Waals surface area contributed by atoms with Gasteiger partial charge in [-0.1, -0.05) is 6.07 Å². The van der Waals surface area contributed by atoms with E-state index in [-0.39, 0.29) is 11.9 Å². The second-order valence-corrected chi connectivity index (χ2v) is 5.89. The zero-order valence-corrected chi connectivity index (χ0v) is 11.5. The maximum Gasteiger partial charge on any atom is 0.240 e. The summed E-state index contributed by atoms with van der Waals surface area (Å²) in [6, 6.07) is 6.19. The van der Waals surface area contributed by atoms with E-state index in [9.17, 15) is 4.79 Å². The Morgan fingerprint density at radius 3 is 2.94 bits per heavy atom. The van der Waals surface area contributed by atoms with Crippen LogP contribution in [0.25, 0.3) is 0 Å². The maximum absolute atomic E-state index is 11.7. The van der Waals surface area contributed by atoms with E-state index < -0.39 is 0 Å². The van der Waals surface area contributed by atoms with Crippen LogP contribution in [0.2, 0.25) is 0 Å². The summed E-state index contributed by atoms with van der Waals surface area (Å²) in [4.78, 5) is 12.8. The highest BCUT2D eigenvalue weighted by Crippen LogP contribution is 2.34. The lowest BCUT2D eigenvalue weighted by molar-refractivity contribution is -0.130. The molecule has 1 amide bonds. The number of thiophene rings is 2.